The van der Waals surface area contributed by atoms with Gasteiger partial charge < -0.3 is 15.6 Å². The van der Waals surface area contributed by atoms with Crippen LogP contribution in [0.25, 0.3) is 0 Å². The quantitative estimate of drug-likeness (QED) is 0.534. The van der Waals surface area contributed by atoms with Crippen molar-refractivity contribution in [2.24, 2.45) is 5.73 Å². The standard InChI is InChI=1S/C6H11NO2/c7-5(4-8)6-2-1-3-9-6/h2,5,8H,1,3-4,7H2. The van der Waals surface area contributed by atoms with Gasteiger partial charge >= 0.3 is 0 Å². The minimum Gasteiger partial charge on any atom is -0.496 e. The lowest BCUT2D eigenvalue weighted by Crippen LogP contribution is -2.26. The maximum absolute atomic E-state index is 8.55. The third-order valence-electron chi connectivity index (χ3n) is 1.29. The minimum absolute atomic E-state index is 0.0359. The summed E-state index contributed by atoms with van der Waals surface area (Å²) in [5, 5.41) is 8.55. The fourth-order valence-electron chi connectivity index (χ4n) is 0.785. The molecule has 3 nitrogen and oxygen atoms in total. The van der Waals surface area contributed by atoms with Crippen molar-refractivity contribution in [1.82, 2.24) is 0 Å². The molecule has 9 heavy (non-hydrogen) atoms. The lowest BCUT2D eigenvalue weighted by molar-refractivity contribution is 0.190. The Morgan fingerprint density at radius 2 is 2.67 bits per heavy atom. The van der Waals surface area contributed by atoms with Gasteiger partial charge in [-0.1, -0.05) is 0 Å². The second-order valence-electron chi connectivity index (χ2n) is 2.03. The Balaban J connectivity index is 2.40. The molecular formula is C6H11NO2. The van der Waals surface area contributed by atoms with E-state index in [0.717, 1.165) is 12.2 Å². The van der Waals surface area contributed by atoms with E-state index in [-0.39, 0.29) is 12.6 Å². The monoisotopic (exact) mass is 129 g/mol. The summed E-state index contributed by atoms with van der Waals surface area (Å²) in [6, 6.07) is -0.313. The van der Waals surface area contributed by atoms with Gasteiger partial charge in [-0.15, -0.1) is 0 Å². The summed E-state index contributed by atoms with van der Waals surface area (Å²) in [6.07, 6.45) is 2.84. The summed E-state index contributed by atoms with van der Waals surface area (Å²) in [5.74, 6) is 0.734. The molecule has 0 aromatic heterocycles. The zero-order chi connectivity index (χ0) is 6.69. The first-order valence-electron chi connectivity index (χ1n) is 3.04. The van der Waals surface area contributed by atoms with Crippen LogP contribution in [0.3, 0.4) is 0 Å². The summed E-state index contributed by atoms with van der Waals surface area (Å²) < 4.78 is 5.08. The number of nitrogens with two attached hydrogens (primary N) is 1. The van der Waals surface area contributed by atoms with E-state index in [1.807, 2.05) is 6.08 Å². The van der Waals surface area contributed by atoms with Crippen molar-refractivity contribution in [1.29, 1.82) is 0 Å². The van der Waals surface area contributed by atoms with Gasteiger partial charge in [-0.2, -0.15) is 0 Å². The molecule has 0 saturated carbocycles. The van der Waals surface area contributed by atoms with E-state index in [0.29, 0.717) is 6.61 Å². The van der Waals surface area contributed by atoms with Crippen LogP contribution in [-0.4, -0.2) is 24.4 Å². The van der Waals surface area contributed by atoms with Crippen molar-refractivity contribution in [3.05, 3.63) is 11.8 Å². The van der Waals surface area contributed by atoms with Crippen molar-refractivity contribution in [3.8, 4) is 0 Å². The highest BCUT2D eigenvalue weighted by Crippen LogP contribution is 2.10. The van der Waals surface area contributed by atoms with Crippen molar-refractivity contribution < 1.29 is 9.84 Å². The lowest BCUT2D eigenvalue weighted by Gasteiger charge is -2.08. The predicted molar refractivity (Wildman–Crippen MR) is 33.7 cm³/mol. The van der Waals surface area contributed by atoms with Crippen LogP contribution in [0, 0.1) is 0 Å². The highest BCUT2D eigenvalue weighted by atomic mass is 16.5. The first-order valence-corrected chi connectivity index (χ1v) is 3.04. The highest BCUT2D eigenvalue weighted by Gasteiger charge is 2.12. The van der Waals surface area contributed by atoms with E-state index in [9.17, 15) is 0 Å². The molecule has 52 valence electrons. The molecule has 3 heteroatoms. The second-order valence-corrected chi connectivity index (χ2v) is 2.03. The zero-order valence-electron chi connectivity index (χ0n) is 5.21. The molecule has 0 bridgehead atoms. The fourth-order valence-corrected chi connectivity index (χ4v) is 0.785. The Morgan fingerprint density at radius 1 is 1.89 bits per heavy atom. The molecule has 0 saturated heterocycles. The maximum Gasteiger partial charge on any atom is 0.111 e. The van der Waals surface area contributed by atoms with Gasteiger partial charge in [0.1, 0.15) is 5.76 Å². The van der Waals surface area contributed by atoms with Crippen LogP contribution in [0.5, 0.6) is 0 Å². The molecule has 0 spiro atoms. The average Bonchev–Trinajstić information content (AvgIpc) is 2.37. The zero-order valence-corrected chi connectivity index (χ0v) is 5.21. The smallest absolute Gasteiger partial charge is 0.111 e. The van der Waals surface area contributed by atoms with Crippen LogP contribution in [-0.2, 0) is 4.74 Å². The SMILES string of the molecule is NC(CO)C1=CCCO1. The Morgan fingerprint density at radius 3 is 3.11 bits per heavy atom. The van der Waals surface area contributed by atoms with E-state index in [1.165, 1.54) is 0 Å². The fraction of sp³-hybridized carbons (Fsp3) is 0.667. The molecule has 1 unspecified atom stereocenters. The maximum atomic E-state index is 8.55. The Labute approximate surface area is 54.1 Å². The van der Waals surface area contributed by atoms with Crippen LogP contribution in [0.15, 0.2) is 11.8 Å². The van der Waals surface area contributed by atoms with Crippen LogP contribution in [0.1, 0.15) is 6.42 Å². The molecule has 1 heterocycles. The predicted octanol–water partition coefficient (Wildman–Crippen LogP) is -0.390. The van der Waals surface area contributed by atoms with E-state index in [1.54, 1.807) is 0 Å². The van der Waals surface area contributed by atoms with Crippen molar-refractivity contribution in [2.75, 3.05) is 13.2 Å². The van der Waals surface area contributed by atoms with Gasteiger partial charge in [0.05, 0.1) is 19.3 Å². The largest absolute Gasteiger partial charge is 0.496 e. The molecule has 1 aliphatic rings. The van der Waals surface area contributed by atoms with Gasteiger partial charge in [0.2, 0.25) is 0 Å². The van der Waals surface area contributed by atoms with Gasteiger partial charge in [0.15, 0.2) is 0 Å². The van der Waals surface area contributed by atoms with E-state index in [2.05, 4.69) is 0 Å². The Kier molecular flexibility index (Phi) is 2.08. The third kappa shape index (κ3) is 1.43. The van der Waals surface area contributed by atoms with Gasteiger partial charge in [0.25, 0.3) is 0 Å². The molecule has 1 aliphatic heterocycles. The molecule has 1 atom stereocenters. The molecule has 0 aliphatic carbocycles. The van der Waals surface area contributed by atoms with Gasteiger partial charge in [0, 0.05) is 6.42 Å². The molecule has 0 aromatic carbocycles. The van der Waals surface area contributed by atoms with Crippen LogP contribution < -0.4 is 5.73 Å². The number of aliphatic hydroxyl groups excluding tert-OH is 1. The van der Waals surface area contributed by atoms with E-state index >= 15 is 0 Å². The van der Waals surface area contributed by atoms with Crippen molar-refractivity contribution in [3.63, 3.8) is 0 Å². The Bertz CT molecular complexity index is 122. The van der Waals surface area contributed by atoms with E-state index in [4.69, 9.17) is 15.6 Å². The molecular weight excluding hydrogens is 118 g/mol. The molecule has 0 aromatic rings. The van der Waals surface area contributed by atoms with Crippen LogP contribution in [0.4, 0.5) is 0 Å². The molecule has 3 N–H and O–H groups in total. The number of hydrogen-bond donors (Lipinski definition) is 2. The topological polar surface area (TPSA) is 55.5 Å². The summed E-state index contributed by atoms with van der Waals surface area (Å²) in [5.41, 5.74) is 5.43. The van der Waals surface area contributed by atoms with Crippen molar-refractivity contribution in [2.45, 2.75) is 12.5 Å². The normalized spacial score (nSPS) is 20.9. The average molecular weight is 129 g/mol. The highest BCUT2D eigenvalue weighted by molar-refractivity contribution is 5.05. The van der Waals surface area contributed by atoms with Crippen molar-refractivity contribution >= 4 is 0 Å². The second kappa shape index (κ2) is 2.85. The summed E-state index contributed by atoms with van der Waals surface area (Å²) in [6.45, 7) is 0.675. The first kappa shape index (κ1) is 6.58. The van der Waals surface area contributed by atoms with Crippen LogP contribution >= 0.6 is 0 Å². The molecule has 0 amide bonds. The summed E-state index contributed by atoms with van der Waals surface area (Å²) in [4.78, 5) is 0. The van der Waals surface area contributed by atoms with Gasteiger partial charge in [-0.25, -0.2) is 0 Å². The van der Waals surface area contributed by atoms with Crippen LogP contribution in [0.2, 0.25) is 0 Å². The number of rotatable bonds is 2. The molecule has 0 fully saturated rings. The minimum atomic E-state index is -0.313. The first-order chi connectivity index (χ1) is 4.34. The summed E-state index contributed by atoms with van der Waals surface area (Å²) in [7, 11) is 0. The number of aliphatic hydroxyl groups is 1. The number of ether oxygens (including phenoxy) is 1. The van der Waals surface area contributed by atoms with Gasteiger partial charge in [-0.05, 0) is 6.08 Å². The van der Waals surface area contributed by atoms with Gasteiger partial charge in [-0.3, -0.25) is 0 Å². The lowest BCUT2D eigenvalue weighted by atomic mass is 10.2. The summed E-state index contributed by atoms with van der Waals surface area (Å²) >= 11 is 0. The third-order valence-corrected chi connectivity index (χ3v) is 1.29. The molecule has 1 rings (SSSR count). The van der Waals surface area contributed by atoms with E-state index < -0.39 is 0 Å². The Hall–Kier alpha value is -0.540. The number of hydrogen-bond acceptors (Lipinski definition) is 3. The molecule has 0 radical (unpaired) electrons.